The summed E-state index contributed by atoms with van der Waals surface area (Å²) in [5, 5.41) is 0. The minimum atomic E-state index is -0.833. The number of rotatable bonds is 1. The molecule has 5 heteroatoms. The Morgan fingerprint density at radius 1 is 1.42 bits per heavy atom. The molecule has 0 bridgehead atoms. The zero-order valence-electron chi connectivity index (χ0n) is 11.1. The van der Waals surface area contributed by atoms with E-state index < -0.39 is 23.1 Å². The van der Waals surface area contributed by atoms with E-state index in [0.717, 1.165) is 25.0 Å². The van der Waals surface area contributed by atoms with Crippen molar-refractivity contribution in [3.8, 4) is 0 Å². The lowest BCUT2D eigenvalue weighted by atomic mass is 9.85. The lowest BCUT2D eigenvalue weighted by Crippen LogP contribution is -2.61. The molecule has 2 N–H and O–H groups in total. The van der Waals surface area contributed by atoms with Crippen LogP contribution in [0.15, 0.2) is 18.2 Å². The molecule has 0 spiro atoms. The summed E-state index contributed by atoms with van der Waals surface area (Å²) >= 11 is 0. The van der Waals surface area contributed by atoms with Gasteiger partial charge in [0.2, 0.25) is 0 Å². The number of hydrogen-bond donors (Lipinski definition) is 1. The molecule has 104 valence electrons. The molecular weight excluding hydrogens is 250 g/mol. The summed E-state index contributed by atoms with van der Waals surface area (Å²) < 4.78 is 26.6. The van der Waals surface area contributed by atoms with Crippen LogP contribution in [0.25, 0.3) is 0 Å². The Bertz CT molecular complexity index is 502. The van der Waals surface area contributed by atoms with E-state index in [1.807, 2.05) is 13.8 Å². The van der Waals surface area contributed by atoms with Gasteiger partial charge in [-0.2, -0.15) is 0 Å². The van der Waals surface area contributed by atoms with Gasteiger partial charge in [-0.25, -0.2) is 8.78 Å². The van der Waals surface area contributed by atoms with Gasteiger partial charge in [0.1, 0.15) is 11.6 Å². The van der Waals surface area contributed by atoms with E-state index in [0.29, 0.717) is 6.54 Å². The fourth-order valence-electron chi connectivity index (χ4n) is 2.48. The van der Waals surface area contributed by atoms with Crippen LogP contribution < -0.4 is 5.73 Å². The molecule has 1 atom stereocenters. The number of amides is 1. The summed E-state index contributed by atoms with van der Waals surface area (Å²) in [5.41, 5.74) is 5.39. The standard InChI is InChI=1S/C14H18F2N2O/c1-14(2)12(17)4-3-7-18(14)13(19)10-6-5-9(15)8-11(10)16/h5-6,8,12H,3-4,7,17H2,1-2H3. The van der Waals surface area contributed by atoms with Gasteiger partial charge in [-0.1, -0.05) is 0 Å². The minimum absolute atomic E-state index is 0.108. The number of nitrogens with zero attached hydrogens (tertiary/aromatic N) is 1. The Hall–Kier alpha value is -1.49. The smallest absolute Gasteiger partial charge is 0.257 e. The van der Waals surface area contributed by atoms with Crippen LogP contribution >= 0.6 is 0 Å². The van der Waals surface area contributed by atoms with E-state index in [4.69, 9.17) is 5.73 Å². The molecule has 1 aromatic rings. The number of benzene rings is 1. The molecular formula is C14H18F2N2O. The van der Waals surface area contributed by atoms with E-state index in [1.54, 1.807) is 4.90 Å². The van der Waals surface area contributed by atoms with Gasteiger partial charge in [0.15, 0.2) is 0 Å². The molecule has 0 saturated carbocycles. The predicted octanol–water partition coefficient (Wildman–Crippen LogP) is 2.31. The van der Waals surface area contributed by atoms with E-state index in [1.165, 1.54) is 6.07 Å². The lowest BCUT2D eigenvalue weighted by molar-refractivity contribution is 0.0358. The summed E-state index contributed by atoms with van der Waals surface area (Å²) in [4.78, 5) is 14.0. The molecule has 1 saturated heterocycles. The van der Waals surface area contributed by atoms with Crippen LogP contribution in [0.4, 0.5) is 8.78 Å². The zero-order valence-corrected chi connectivity index (χ0v) is 11.1. The normalized spacial score (nSPS) is 22.4. The Labute approximate surface area is 111 Å². The third-order valence-electron chi connectivity index (χ3n) is 3.91. The first-order chi connectivity index (χ1) is 8.84. The van der Waals surface area contributed by atoms with Gasteiger partial charge in [0.25, 0.3) is 5.91 Å². The predicted molar refractivity (Wildman–Crippen MR) is 68.7 cm³/mol. The van der Waals surface area contributed by atoms with E-state index in [2.05, 4.69) is 0 Å². The summed E-state index contributed by atoms with van der Waals surface area (Å²) in [5.74, 6) is -1.96. The molecule has 0 aromatic heterocycles. The first-order valence-electron chi connectivity index (χ1n) is 6.36. The molecule has 19 heavy (non-hydrogen) atoms. The molecule has 2 rings (SSSR count). The third kappa shape index (κ3) is 2.47. The van der Waals surface area contributed by atoms with Crippen molar-refractivity contribution in [3.63, 3.8) is 0 Å². The van der Waals surface area contributed by atoms with Crippen LogP contribution in [0, 0.1) is 11.6 Å². The Morgan fingerprint density at radius 2 is 2.11 bits per heavy atom. The van der Waals surface area contributed by atoms with E-state index in [-0.39, 0.29) is 11.6 Å². The zero-order chi connectivity index (χ0) is 14.2. The average molecular weight is 268 g/mol. The summed E-state index contributed by atoms with van der Waals surface area (Å²) in [6.45, 7) is 4.28. The Morgan fingerprint density at radius 3 is 2.74 bits per heavy atom. The van der Waals surface area contributed by atoms with Crippen LogP contribution in [0.1, 0.15) is 37.0 Å². The SMILES string of the molecule is CC1(C)C(N)CCCN1C(=O)c1ccc(F)cc1F. The highest BCUT2D eigenvalue weighted by Crippen LogP contribution is 2.28. The maximum atomic E-state index is 13.7. The number of hydrogen-bond acceptors (Lipinski definition) is 2. The second-order valence-electron chi connectivity index (χ2n) is 5.48. The van der Waals surface area contributed by atoms with E-state index >= 15 is 0 Å². The molecule has 1 aliphatic heterocycles. The average Bonchev–Trinajstić information content (AvgIpc) is 2.32. The number of carbonyl (C=O) groups excluding carboxylic acids is 1. The maximum absolute atomic E-state index is 13.7. The number of piperidine rings is 1. The molecule has 3 nitrogen and oxygen atoms in total. The fourth-order valence-corrected chi connectivity index (χ4v) is 2.48. The van der Waals surface area contributed by atoms with Gasteiger partial charge in [0.05, 0.1) is 11.1 Å². The van der Waals surface area contributed by atoms with Crippen LogP contribution in [0.3, 0.4) is 0 Å². The highest BCUT2D eigenvalue weighted by molar-refractivity contribution is 5.95. The molecule has 0 aliphatic carbocycles. The fraction of sp³-hybridized carbons (Fsp3) is 0.500. The second kappa shape index (κ2) is 4.89. The second-order valence-corrected chi connectivity index (χ2v) is 5.48. The topological polar surface area (TPSA) is 46.3 Å². The van der Waals surface area contributed by atoms with Gasteiger partial charge >= 0.3 is 0 Å². The number of likely N-dealkylation sites (tertiary alicyclic amines) is 1. The van der Waals surface area contributed by atoms with E-state index in [9.17, 15) is 13.6 Å². The van der Waals surface area contributed by atoms with Crippen molar-refractivity contribution < 1.29 is 13.6 Å². The van der Waals surface area contributed by atoms with Crippen molar-refractivity contribution in [1.29, 1.82) is 0 Å². The highest BCUT2D eigenvalue weighted by Gasteiger charge is 2.39. The summed E-state index contributed by atoms with van der Waals surface area (Å²) in [7, 11) is 0. The number of nitrogens with two attached hydrogens (primary N) is 1. The molecule has 1 amide bonds. The number of carbonyl (C=O) groups is 1. The van der Waals surface area contributed by atoms with Crippen LogP contribution in [0.2, 0.25) is 0 Å². The Balaban J connectivity index is 2.33. The maximum Gasteiger partial charge on any atom is 0.257 e. The molecule has 0 radical (unpaired) electrons. The minimum Gasteiger partial charge on any atom is -0.332 e. The van der Waals surface area contributed by atoms with Crippen molar-refractivity contribution in [2.24, 2.45) is 5.73 Å². The van der Waals surface area contributed by atoms with Crippen molar-refractivity contribution in [2.75, 3.05) is 6.54 Å². The highest BCUT2D eigenvalue weighted by atomic mass is 19.1. The largest absolute Gasteiger partial charge is 0.332 e. The summed E-state index contributed by atoms with van der Waals surface area (Å²) in [6.07, 6.45) is 1.63. The van der Waals surface area contributed by atoms with Crippen molar-refractivity contribution >= 4 is 5.91 Å². The molecule has 1 aromatic carbocycles. The van der Waals surface area contributed by atoms with Gasteiger partial charge in [-0.05, 0) is 38.8 Å². The molecule has 1 aliphatic rings. The van der Waals surface area contributed by atoms with Crippen LogP contribution in [0.5, 0.6) is 0 Å². The molecule has 1 unspecified atom stereocenters. The first-order valence-corrected chi connectivity index (χ1v) is 6.36. The van der Waals surface area contributed by atoms with Gasteiger partial charge in [-0.3, -0.25) is 4.79 Å². The quantitative estimate of drug-likeness (QED) is 0.849. The van der Waals surface area contributed by atoms with Crippen molar-refractivity contribution in [1.82, 2.24) is 4.90 Å². The van der Waals surface area contributed by atoms with Gasteiger partial charge in [-0.15, -0.1) is 0 Å². The van der Waals surface area contributed by atoms with Crippen molar-refractivity contribution in [2.45, 2.75) is 38.3 Å². The van der Waals surface area contributed by atoms with Crippen LogP contribution in [-0.4, -0.2) is 28.9 Å². The monoisotopic (exact) mass is 268 g/mol. The van der Waals surface area contributed by atoms with Crippen molar-refractivity contribution in [3.05, 3.63) is 35.4 Å². The molecule has 1 heterocycles. The van der Waals surface area contributed by atoms with Gasteiger partial charge < -0.3 is 10.6 Å². The molecule has 1 fully saturated rings. The third-order valence-corrected chi connectivity index (χ3v) is 3.91. The lowest BCUT2D eigenvalue weighted by Gasteiger charge is -2.46. The Kier molecular flexibility index (Phi) is 3.58. The summed E-state index contributed by atoms with van der Waals surface area (Å²) in [6, 6.07) is 2.86. The number of halogens is 2. The van der Waals surface area contributed by atoms with Crippen LogP contribution in [-0.2, 0) is 0 Å². The van der Waals surface area contributed by atoms with Gasteiger partial charge in [0, 0.05) is 18.7 Å². The first kappa shape index (κ1) is 13.9.